The Hall–Kier alpha value is 0.617. The zero-order valence-electron chi connectivity index (χ0n) is 5.67. The van der Waals surface area contributed by atoms with Crippen LogP contribution in [0.4, 0.5) is 0 Å². The topological polar surface area (TPSA) is 269 Å². The molecule has 13 heavy (non-hydrogen) atoms. The van der Waals surface area contributed by atoms with Crippen LogP contribution in [-0.2, 0) is 43.4 Å². The van der Waals surface area contributed by atoms with Gasteiger partial charge >= 0.3 is 16.5 Å². The van der Waals surface area contributed by atoms with Crippen molar-refractivity contribution in [3.63, 3.8) is 0 Å². The average molecular weight is 322 g/mol. The first-order valence-electron chi connectivity index (χ1n) is 0.667. The molecule has 0 atom stereocenters. The Morgan fingerprint density at radius 2 is 0.692 bits per heavy atom. The predicted octanol–water partition coefficient (Wildman–Crippen LogP) is -6.29. The van der Waals surface area contributed by atoms with Gasteiger partial charge in [-0.05, 0) is 0 Å². The molecule has 12 N–H and O–H groups in total. The fourth-order valence-electron chi connectivity index (χ4n) is 0. The molecule has 0 aliphatic heterocycles. The molecule has 0 saturated carbocycles. The molecular formula is H12Ni2O10S. The molecule has 0 aromatic heterocycles. The Morgan fingerprint density at radius 3 is 0.692 bits per heavy atom. The quantitative estimate of drug-likeness (QED) is 0.239. The van der Waals surface area contributed by atoms with Crippen LogP contribution in [0.15, 0.2) is 0 Å². The van der Waals surface area contributed by atoms with Gasteiger partial charge in [-0.25, -0.2) is 0 Å². The summed E-state index contributed by atoms with van der Waals surface area (Å²) in [6.45, 7) is 0. The molecule has 0 aliphatic carbocycles. The van der Waals surface area contributed by atoms with Crippen molar-refractivity contribution in [3.05, 3.63) is 0 Å². The first-order chi connectivity index (χ1) is 2.00. The molecule has 0 rings (SSSR count). The largest absolute Gasteiger partial charge is 2.00 e. The normalized spacial score (nSPS) is 4.46. The molecule has 13 heteroatoms. The van der Waals surface area contributed by atoms with E-state index in [-0.39, 0.29) is 65.8 Å². The Balaban J connectivity index is -0.00000000286. The van der Waals surface area contributed by atoms with Crippen molar-refractivity contribution >= 4 is 10.4 Å². The molecule has 0 spiro atoms. The van der Waals surface area contributed by atoms with Crippen molar-refractivity contribution in [3.8, 4) is 0 Å². The summed E-state index contributed by atoms with van der Waals surface area (Å²) in [5.41, 5.74) is 0. The summed E-state index contributed by atoms with van der Waals surface area (Å²) in [6.07, 6.45) is 0. The molecule has 0 aromatic rings. The third kappa shape index (κ3) is 3740. The van der Waals surface area contributed by atoms with E-state index in [1.807, 2.05) is 0 Å². The van der Waals surface area contributed by atoms with Gasteiger partial charge in [0.2, 0.25) is 0 Å². The Labute approximate surface area is 94.0 Å². The molecule has 0 unspecified atom stereocenters. The van der Waals surface area contributed by atoms with Crippen LogP contribution in [0.25, 0.3) is 0 Å². The van der Waals surface area contributed by atoms with Gasteiger partial charge in [-0.2, -0.15) is 0 Å². The maximum Gasteiger partial charge on any atom is 2.00 e. The second-order valence-electron chi connectivity index (χ2n) is 0.408. The second kappa shape index (κ2) is 38.9. The van der Waals surface area contributed by atoms with E-state index in [0.29, 0.717) is 0 Å². The molecule has 0 aromatic carbocycles. The minimum atomic E-state index is -5.17. The Kier molecular flexibility index (Phi) is 304. The summed E-state index contributed by atoms with van der Waals surface area (Å²) in [5.74, 6) is 0. The van der Waals surface area contributed by atoms with Gasteiger partial charge in [0.1, 0.15) is 0 Å². The van der Waals surface area contributed by atoms with Crippen LogP contribution in [0.2, 0.25) is 0 Å². The SMILES string of the molecule is O.O.O.O.O.O.O=S(=O)([O-])[O-].[Ni+2].[Ni]. The maximum atomic E-state index is 8.52. The van der Waals surface area contributed by atoms with E-state index in [2.05, 4.69) is 0 Å². The van der Waals surface area contributed by atoms with Gasteiger partial charge in [0.25, 0.3) is 0 Å². The van der Waals surface area contributed by atoms with E-state index < -0.39 is 10.4 Å². The van der Waals surface area contributed by atoms with E-state index in [1.54, 1.807) is 0 Å². The molecule has 0 fully saturated rings. The van der Waals surface area contributed by atoms with Crippen molar-refractivity contribution in [2.24, 2.45) is 0 Å². The van der Waals surface area contributed by atoms with Crippen LogP contribution in [0.5, 0.6) is 0 Å². The smallest absolute Gasteiger partial charge is 0.759 e. The van der Waals surface area contributed by atoms with Gasteiger partial charge in [-0.3, -0.25) is 8.42 Å². The minimum Gasteiger partial charge on any atom is -0.759 e. The van der Waals surface area contributed by atoms with Gasteiger partial charge in [-0.1, -0.05) is 0 Å². The average Bonchev–Trinajstić information content (AvgIpc) is 0.722. The van der Waals surface area contributed by atoms with E-state index >= 15 is 0 Å². The zero-order chi connectivity index (χ0) is 4.50. The first kappa shape index (κ1) is 102. The third-order valence-corrected chi connectivity index (χ3v) is 0. The van der Waals surface area contributed by atoms with Crippen LogP contribution in [0.3, 0.4) is 0 Å². The van der Waals surface area contributed by atoms with Gasteiger partial charge in [-0.15, -0.1) is 0 Å². The van der Waals surface area contributed by atoms with Crippen LogP contribution < -0.4 is 0 Å². The molecule has 10 nitrogen and oxygen atoms in total. The van der Waals surface area contributed by atoms with Crippen molar-refractivity contribution < 1.29 is 83.4 Å². The summed E-state index contributed by atoms with van der Waals surface area (Å²) >= 11 is 0. The van der Waals surface area contributed by atoms with E-state index in [0.717, 1.165) is 0 Å². The monoisotopic (exact) mass is 320 g/mol. The molecule has 0 heterocycles. The van der Waals surface area contributed by atoms with Gasteiger partial charge in [0.05, 0.1) is 0 Å². The van der Waals surface area contributed by atoms with E-state index in [9.17, 15) is 0 Å². The molecule has 0 saturated heterocycles. The van der Waals surface area contributed by atoms with Crippen LogP contribution in [0.1, 0.15) is 0 Å². The van der Waals surface area contributed by atoms with E-state index in [1.165, 1.54) is 0 Å². The second-order valence-corrected chi connectivity index (χ2v) is 1.22. The fraction of sp³-hybridized carbons (Fsp3) is 0. The summed E-state index contributed by atoms with van der Waals surface area (Å²) < 4.78 is 34.1. The summed E-state index contributed by atoms with van der Waals surface area (Å²) in [6, 6.07) is 0. The third-order valence-electron chi connectivity index (χ3n) is 0. The summed E-state index contributed by atoms with van der Waals surface area (Å²) in [7, 11) is -5.17. The molecule has 0 radical (unpaired) electrons. The molecule has 0 aliphatic rings. The van der Waals surface area contributed by atoms with Crippen molar-refractivity contribution in [2.45, 2.75) is 0 Å². The number of hydrogen-bond acceptors (Lipinski definition) is 4. The maximum absolute atomic E-state index is 8.52. The molecular weight excluding hydrogens is 309 g/mol. The fourth-order valence-corrected chi connectivity index (χ4v) is 0. The van der Waals surface area contributed by atoms with Gasteiger partial charge in [0, 0.05) is 26.9 Å². The molecule has 0 bridgehead atoms. The molecule has 0 amide bonds. The van der Waals surface area contributed by atoms with Crippen molar-refractivity contribution in [1.29, 1.82) is 0 Å². The van der Waals surface area contributed by atoms with Crippen molar-refractivity contribution in [2.75, 3.05) is 0 Å². The Bertz CT molecular complexity index is 96.1. The van der Waals surface area contributed by atoms with Crippen LogP contribution in [0, 0.1) is 0 Å². The first-order valence-corrected chi connectivity index (χ1v) is 2.00. The summed E-state index contributed by atoms with van der Waals surface area (Å²) in [4.78, 5) is 0. The van der Waals surface area contributed by atoms with E-state index in [4.69, 9.17) is 17.5 Å². The van der Waals surface area contributed by atoms with Crippen LogP contribution >= 0.6 is 0 Å². The minimum absolute atomic E-state index is 0. The van der Waals surface area contributed by atoms with Crippen LogP contribution in [-0.4, -0.2) is 50.4 Å². The number of rotatable bonds is 0. The number of hydrogen-bond donors (Lipinski definition) is 0. The molecule has 98 valence electrons. The Morgan fingerprint density at radius 1 is 0.692 bits per heavy atom. The van der Waals surface area contributed by atoms with Gasteiger partial charge < -0.3 is 42.0 Å². The standard InChI is InChI=1S/2Ni.H2O4S.6H2O/c;;1-5(2,3)4;;;;;;/h;;(H2,1,2,3,4);6*1H2/q;+2;;;;;;;/p-2. The zero-order valence-corrected chi connectivity index (χ0v) is 8.47. The summed E-state index contributed by atoms with van der Waals surface area (Å²) in [5, 5.41) is 0. The van der Waals surface area contributed by atoms with Crippen molar-refractivity contribution in [1.82, 2.24) is 0 Å². The van der Waals surface area contributed by atoms with Gasteiger partial charge in [0.15, 0.2) is 0 Å². The predicted molar refractivity (Wildman–Crippen MR) is 32.2 cm³/mol.